The van der Waals surface area contributed by atoms with Crippen molar-refractivity contribution in [1.82, 2.24) is 40.7 Å². The molecule has 0 bridgehead atoms. The molecule has 11 heteroatoms. The lowest BCUT2D eigenvalue weighted by Crippen LogP contribution is -2.44. The summed E-state index contributed by atoms with van der Waals surface area (Å²) in [6.07, 6.45) is 9.78. The van der Waals surface area contributed by atoms with Gasteiger partial charge in [-0.05, 0) is 38.1 Å². The van der Waals surface area contributed by atoms with Gasteiger partial charge in [0.05, 0.1) is 38.3 Å². The molecule has 1 fully saturated rings. The summed E-state index contributed by atoms with van der Waals surface area (Å²) in [5.74, 6) is 2.88. The minimum atomic E-state index is 0.467. The van der Waals surface area contributed by atoms with Gasteiger partial charge in [0.1, 0.15) is 28.7 Å². The van der Waals surface area contributed by atoms with Crippen molar-refractivity contribution in [3.8, 4) is 11.5 Å². The molecule has 2 aliphatic rings. The van der Waals surface area contributed by atoms with E-state index >= 15 is 0 Å². The molecule has 2 aliphatic heterocycles. The zero-order valence-corrected chi connectivity index (χ0v) is 21.5. The molecule has 1 saturated heterocycles. The molecule has 196 valence electrons. The summed E-state index contributed by atoms with van der Waals surface area (Å²) in [4.78, 5) is 24.2. The normalized spacial score (nSPS) is 16.1. The van der Waals surface area contributed by atoms with Gasteiger partial charge in [-0.25, -0.2) is 20.4 Å². The van der Waals surface area contributed by atoms with Crippen molar-refractivity contribution in [3.05, 3.63) is 66.6 Å². The first-order valence-electron chi connectivity index (χ1n) is 12.8. The maximum atomic E-state index is 5.52. The number of fused-ring (bicyclic) bond motifs is 1. The number of ether oxygens (including phenoxy) is 2. The number of aromatic nitrogens is 5. The number of aromatic amines is 1. The molecule has 0 amide bonds. The SMILES string of the molecule is COc1cc(OC)cc(N(Cc2ncc[nH]2)c2ccc3ncc(C4=CN(C5CCNCC5)NC4)nc3n2)c1. The summed E-state index contributed by atoms with van der Waals surface area (Å²) >= 11 is 0. The quantitative estimate of drug-likeness (QED) is 0.325. The van der Waals surface area contributed by atoms with Crippen LogP contribution in [-0.2, 0) is 6.54 Å². The summed E-state index contributed by atoms with van der Waals surface area (Å²) in [5, 5.41) is 5.65. The van der Waals surface area contributed by atoms with E-state index < -0.39 is 0 Å². The number of hydrogen-bond acceptors (Lipinski definition) is 10. The summed E-state index contributed by atoms with van der Waals surface area (Å²) in [7, 11) is 3.28. The van der Waals surface area contributed by atoms with E-state index in [9.17, 15) is 0 Å². The highest BCUT2D eigenvalue weighted by Crippen LogP contribution is 2.33. The Morgan fingerprint density at radius 3 is 2.58 bits per heavy atom. The Bertz CT molecular complexity index is 1410. The number of hydrogen-bond donors (Lipinski definition) is 3. The van der Waals surface area contributed by atoms with E-state index in [-0.39, 0.29) is 0 Å². The van der Waals surface area contributed by atoms with Crippen LogP contribution in [0.5, 0.6) is 11.5 Å². The van der Waals surface area contributed by atoms with Gasteiger partial charge < -0.3 is 29.7 Å². The van der Waals surface area contributed by atoms with Gasteiger partial charge in [-0.15, -0.1) is 0 Å². The number of pyridine rings is 1. The fraction of sp³-hybridized carbons (Fsp3) is 0.333. The van der Waals surface area contributed by atoms with Crippen molar-refractivity contribution in [1.29, 1.82) is 0 Å². The molecule has 0 unspecified atom stereocenters. The Balaban J connectivity index is 1.35. The molecular weight excluding hydrogens is 482 g/mol. The van der Waals surface area contributed by atoms with Gasteiger partial charge in [0.25, 0.3) is 0 Å². The first-order valence-corrected chi connectivity index (χ1v) is 12.8. The van der Waals surface area contributed by atoms with Gasteiger partial charge in [-0.2, -0.15) is 0 Å². The van der Waals surface area contributed by atoms with Crippen LogP contribution < -0.4 is 25.1 Å². The molecule has 5 heterocycles. The molecule has 3 N–H and O–H groups in total. The Morgan fingerprint density at radius 1 is 1.03 bits per heavy atom. The molecule has 0 spiro atoms. The third-order valence-electron chi connectivity index (χ3n) is 6.96. The summed E-state index contributed by atoms with van der Waals surface area (Å²) in [6.45, 7) is 3.28. The Morgan fingerprint density at radius 2 is 1.84 bits per heavy atom. The number of imidazole rings is 1. The fourth-order valence-corrected chi connectivity index (χ4v) is 4.89. The molecule has 38 heavy (non-hydrogen) atoms. The van der Waals surface area contributed by atoms with Crippen LogP contribution >= 0.6 is 0 Å². The molecule has 0 aliphatic carbocycles. The average Bonchev–Trinajstić information content (AvgIpc) is 3.68. The van der Waals surface area contributed by atoms with Crippen molar-refractivity contribution in [2.24, 2.45) is 0 Å². The monoisotopic (exact) mass is 513 g/mol. The molecule has 4 aromatic rings. The zero-order chi connectivity index (χ0) is 25.9. The van der Waals surface area contributed by atoms with Crippen LogP contribution in [0.15, 0.2) is 55.1 Å². The van der Waals surface area contributed by atoms with Gasteiger partial charge in [0.15, 0.2) is 5.65 Å². The molecule has 3 aromatic heterocycles. The van der Waals surface area contributed by atoms with Crippen molar-refractivity contribution in [2.75, 3.05) is 38.8 Å². The van der Waals surface area contributed by atoms with E-state index in [0.717, 1.165) is 60.8 Å². The van der Waals surface area contributed by atoms with E-state index in [1.165, 1.54) is 0 Å². The minimum Gasteiger partial charge on any atom is -0.497 e. The van der Waals surface area contributed by atoms with E-state index in [1.807, 2.05) is 47.6 Å². The number of rotatable bonds is 8. The number of methoxy groups -OCH3 is 2. The second-order valence-corrected chi connectivity index (χ2v) is 9.34. The molecule has 1 aromatic carbocycles. The second-order valence-electron chi connectivity index (χ2n) is 9.34. The van der Waals surface area contributed by atoms with Gasteiger partial charge >= 0.3 is 0 Å². The molecule has 0 saturated carbocycles. The van der Waals surface area contributed by atoms with Crippen molar-refractivity contribution >= 4 is 28.2 Å². The fourth-order valence-electron chi connectivity index (χ4n) is 4.89. The predicted octanol–water partition coefficient (Wildman–Crippen LogP) is 3.02. The standard InChI is InChI=1S/C27H31N9O2/c1-37-21-11-20(12-22(13-21)38-2)35(17-25-29-9-10-30-25)26-4-3-23-27(34-26)33-24(15-31-23)18-14-32-36(16-18)19-5-7-28-8-6-19/h3-4,9-13,15-16,19,28,32H,5-8,14,17H2,1-2H3,(H,29,30). The number of piperidine rings is 1. The van der Waals surface area contributed by atoms with Crippen LogP contribution in [0.2, 0.25) is 0 Å². The predicted molar refractivity (Wildman–Crippen MR) is 145 cm³/mol. The highest BCUT2D eigenvalue weighted by atomic mass is 16.5. The highest BCUT2D eigenvalue weighted by molar-refractivity contribution is 5.77. The van der Waals surface area contributed by atoms with Gasteiger partial charge in [0, 0.05) is 55.0 Å². The van der Waals surface area contributed by atoms with E-state index in [4.69, 9.17) is 19.4 Å². The molecular formula is C27H31N9O2. The Labute approximate surface area is 220 Å². The minimum absolute atomic E-state index is 0.467. The average molecular weight is 514 g/mol. The first-order chi connectivity index (χ1) is 18.7. The van der Waals surface area contributed by atoms with E-state index in [0.29, 0.717) is 35.6 Å². The smallest absolute Gasteiger partial charge is 0.180 e. The number of nitrogens with zero attached hydrogens (tertiary/aromatic N) is 6. The number of anilines is 2. The van der Waals surface area contributed by atoms with E-state index in [1.54, 1.807) is 20.4 Å². The largest absolute Gasteiger partial charge is 0.497 e. The number of H-pyrrole nitrogens is 1. The number of hydrazine groups is 1. The summed E-state index contributed by atoms with van der Waals surface area (Å²) in [5.41, 5.74) is 7.61. The van der Waals surface area contributed by atoms with Crippen LogP contribution in [0.25, 0.3) is 16.7 Å². The van der Waals surface area contributed by atoms with Crippen molar-refractivity contribution < 1.29 is 9.47 Å². The summed E-state index contributed by atoms with van der Waals surface area (Å²) < 4.78 is 11.0. The number of benzene rings is 1. The first kappa shape index (κ1) is 24.1. The number of nitrogens with one attached hydrogen (secondary N) is 3. The molecule has 6 rings (SSSR count). The van der Waals surface area contributed by atoms with Crippen LogP contribution in [0, 0.1) is 0 Å². The Kier molecular flexibility index (Phi) is 6.76. The third kappa shape index (κ3) is 4.98. The second kappa shape index (κ2) is 10.6. The summed E-state index contributed by atoms with van der Waals surface area (Å²) in [6, 6.07) is 10.1. The molecule has 11 nitrogen and oxygen atoms in total. The van der Waals surface area contributed by atoms with Gasteiger partial charge in [-0.3, -0.25) is 4.98 Å². The Hall–Kier alpha value is -4.22. The lowest BCUT2D eigenvalue weighted by atomic mass is 10.1. The lowest BCUT2D eigenvalue weighted by Gasteiger charge is -2.31. The zero-order valence-electron chi connectivity index (χ0n) is 21.5. The highest BCUT2D eigenvalue weighted by Gasteiger charge is 2.24. The third-order valence-corrected chi connectivity index (χ3v) is 6.96. The maximum Gasteiger partial charge on any atom is 0.180 e. The van der Waals surface area contributed by atoms with E-state index in [2.05, 4.69) is 36.9 Å². The van der Waals surface area contributed by atoms with Gasteiger partial charge in [-0.1, -0.05) is 0 Å². The van der Waals surface area contributed by atoms with Crippen LogP contribution in [-0.4, -0.2) is 69.8 Å². The van der Waals surface area contributed by atoms with Gasteiger partial charge in [0.2, 0.25) is 0 Å². The topological polar surface area (TPSA) is 116 Å². The van der Waals surface area contributed by atoms with Crippen molar-refractivity contribution in [3.63, 3.8) is 0 Å². The van der Waals surface area contributed by atoms with Crippen LogP contribution in [0.3, 0.4) is 0 Å². The lowest BCUT2D eigenvalue weighted by molar-refractivity contribution is 0.182. The maximum absolute atomic E-state index is 5.52. The molecule has 0 radical (unpaired) electrons. The molecule has 0 atom stereocenters. The van der Waals surface area contributed by atoms with Crippen molar-refractivity contribution in [2.45, 2.75) is 25.4 Å². The van der Waals surface area contributed by atoms with Crippen LogP contribution in [0.1, 0.15) is 24.4 Å². The van der Waals surface area contributed by atoms with Crippen LogP contribution in [0.4, 0.5) is 11.5 Å².